The molecule has 5 fully saturated rings. The monoisotopic (exact) mass is 499 g/mol. The third-order valence-corrected chi connectivity index (χ3v) is 8.17. The number of fused-ring (bicyclic) bond motifs is 3. The van der Waals surface area contributed by atoms with Gasteiger partial charge in [-0.15, -0.1) is 0 Å². The van der Waals surface area contributed by atoms with Crippen molar-refractivity contribution in [2.24, 2.45) is 5.10 Å². The Bertz CT molecular complexity index is 970. The summed E-state index contributed by atoms with van der Waals surface area (Å²) in [6.07, 6.45) is 8.54. The van der Waals surface area contributed by atoms with E-state index in [0.717, 1.165) is 62.6 Å². The van der Waals surface area contributed by atoms with Gasteiger partial charge in [-0.1, -0.05) is 25.0 Å². The zero-order valence-corrected chi connectivity index (χ0v) is 21.2. The lowest BCUT2D eigenvalue weighted by atomic mass is 9.94. The van der Waals surface area contributed by atoms with Crippen LogP contribution < -0.4 is 10.3 Å². The van der Waals surface area contributed by atoms with Gasteiger partial charge in [0.2, 0.25) is 0 Å². The van der Waals surface area contributed by atoms with Crippen LogP contribution in [0.2, 0.25) is 0 Å². The van der Waals surface area contributed by atoms with Crippen molar-refractivity contribution in [3.05, 3.63) is 29.8 Å². The van der Waals surface area contributed by atoms with Crippen molar-refractivity contribution in [2.45, 2.75) is 106 Å². The van der Waals surface area contributed by atoms with E-state index < -0.39 is 42.3 Å². The summed E-state index contributed by atoms with van der Waals surface area (Å²) in [4.78, 5) is 15.3. The van der Waals surface area contributed by atoms with Crippen LogP contribution in [-0.2, 0) is 28.5 Å². The Kier molecular flexibility index (Phi) is 6.54. The molecule has 5 atom stereocenters. The van der Waals surface area contributed by atoms with Crippen LogP contribution in [0.1, 0.15) is 69.8 Å². The molecule has 9 nitrogen and oxygen atoms in total. The van der Waals surface area contributed by atoms with E-state index in [9.17, 15) is 4.79 Å². The fourth-order valence-corrected chi connectivity index (χ4v) is 6.26. The van der Waals surface area contributed by atoms with E-state index in [-0.39, 0.29) is 5.91 Å². The van der Waals surface area contributed by atoms with Gasteiger partial charge in [0.05, 0.1) is 6.21 Å². The lowest BCUT2D eigenvalue weighted by molar-refractivity contribution is -0.247. The van der Waals surface area contributed by atoms with E-state index in [1.165, 1.54) is 12.8 Å². The number of carbonyl (C=O) groups is 1. The molecule has 36 heavy (non-hydrogen) atoms. The molecule has 6 rings (SSSR count). The van der Waals surface area contributed by atoms with Crippen LogP contribution in [0, 0.1) is 0 Å². The van der Waals surface area contributed by atoms with Gasteiger partial charge in [0, 0.05) is 45.5 Å². The number of nitrogens with one attached hydrogen (secondary N) is 1. The maximum atomic E-state index is 13.3. The first kappa shape index (κ1) is 24.3. The normalized spacial score (nSPS) is 34.6. The van der Waals surface area contributed by atoms with Crippen molar-refractivity contribution in [3.8, 4) is 0 Å². The summed E-state index contributed by atoms with van der Waals surface area (Å²) in [6, 6.07) is 7.92. The Labute approximate surface area is 212 Å². The van der Waals surface area contributed by atoms with Gasteiger partial charge in [-0.25, -0.2) is 5.43 Å². The molecule has 2 spiro atoms. The number of benzene rings is 1. The van der Waals surface area contributed by atoms with E-state index in [1.54, 1.807) is 6.21 Å². The Hall–Kier alpha value is -2.04. The predicted octanol–water partition coefficient (Wildman–Crippen LogP) is 3.45. The molecule has 0 radical (unpaired) electrons. The Balaban J connectivity index is 1.19. The van der Waals surface area contributed by atoms with Gasteiger partial charge in [-0.05, 0) is 43.4 Å². The molecule has 0 aromatic heterocycles. The molecule has 1 aromatic carbocycles. The average molecular weight is 500 g/mol. The highest BCUT2D eigenvalue weighted by Crippen LogP contribution is 2.50. The third kappa shape index (κ3) is 4.56. The highest BCUT2D eigenvalue weighted by Gasteiger charge is 2.65. The number of ether oxygens (including phenoxy) is 5. The number of hydrogen-bond donors (Lipinski definition) is 1. The van der Waals surface area contributed by atoms with E-state index in [0.29, 0.717) is 0 Å². The van der Waals surface area contributed by atoms with E-state index >= 15 is 0 Å². The minimum absolute atomic E-state index is 0.366. The summed E-state index contributed by atoms with van der Waals surface area (Å²) in [5.74, 6) is -1.69. The minimum atomic E-state index is -0.895. The molecule has 3 heterocycles. The molecule has 2 aliphatic carbocycles. The second-order valence-electron chi connectivity index (χ2n) is 11.0. The van der Waals surface area contributed by atoms with Crippen molar-refractivity contribution in [2.75, 3.05) is 19.0 Å². The van der Waals surface area contributed by atoms with Crippen LogP contribution in [0.25, 0.3) is 0 Å². The van der Waals surface area contributed by atoms with Gasteiger partial charge >= 0.3 is 0 Å². The van der Waals surface area contributed by atoms with E-state index in [2.05, 4.69) is 10.5 Å². The molecular weight excluding hydrogens is 462 g/mol. The summed E-state index contributed by atoms with van der Waals surface area (Å²) in [7, 11) is 3.99. The number of carbonyl (C=O) groups excluding carboxylic acids is 1. The van der Waals surface area contributed by atoms with Crippen LogP contribution in [0.3, 0.4) is 0 Å². The number of nitrogens with zero attached hydrogens (tertiary/aromatic N) is 2. The third-order valence-electron chi connectivity index (χ3n) is 8.17. The van der Waals surface area contributed by atoms with Gasteiger partial charge in [0.1, 0.15) is 18.3 Å². The topological polar surface area (TPSA) is 90.9 Å². The number of anilines is 1. The maximum Gasteiger partial charge on any atom is 0.272 e. The molecule has 3 aliphatic heterocycles. The van der Waals surface area contributed by atoms with Crippen LogP contribution in [-0.4, -0.2) is 68.5 Å². The lowest BCUT2D eigenvalue weighted by Gasteiger charge is -2.36. The molecule has 0 bridgehead atoms. The van der Waals surface area contributed by atoms with Crippen LogP contribution in [0.15, 0.2) is 29.4 Å². The smallest absolute Gasteiger partial charge is 0.272 e. The standard InChI is InChI=1S/C27H37N3O6/c1-30(2)19-11-9-18(10-12-19)17-28-29-24(31)22-20-21(34-26(33-20)13-5-3-6-14-26)23-25(32-22)36-27(35-23)15-7-4-8-16-27/h9-12,17,20-23,25H,3-8,13-16H2,1-2H3,(H,29,31). The molecule has 1 amide bonds. The van der Waals surface area contributed by atoms with E-state index in [4.69, 9.17) is 23.7 Å². The highest BCUT2D eigenvalue weighted by molar-refractivity contribution is 5.85. The molecule has 196 valence electrons. The summed E-state index contributed by atoms with van der Waals surface area (Å²) in [6.45, 7) is 0. The fourth-order valence-electron chi connectivity index (χ4n) is 6.26. The first-order chi connectivity index (χ1) is 17.5. The Morgan fingerprint density at radius 1 is 0.861 bits per heavy atom. The van der Waals surface area contributed by atoms with Crippen molar-refractivity contribution < 1.29 is 28.5 Å². The molecule has 1 N–H and O–H groups in total. The van der Waals surface area contributed by atoms with Crippen LogP contribution >= 0.6 is 0 Å². The molecule has 2 saturated carbocycles. The number of hydrogen-bond acceptors (Lipinski definition) is 8. The summed E-state index contributed by atoms with van der Waals surface area (Å²) >= 11 is 0. The van der Waals surface area contributed by atoms with Gasteiger partial charge in [-0.3, -0.25) is 4.79 Å². The largest absolute Gasteiger partial charge is 0.378 e. The van der Waals surface area contributed by atoms with Crippen LogP contribution in [0.4, 0.5) is 5.69 Å². The summed E-state index contributed by atoms with van der Waals surface area (Å²) in [5.41, 5.74) is 4.64. The van der Waals surface area contributed by atoms with Crippen molar-refractivity contribution in [3.63, 3.8) is 0 Å². The molecule has 3 saturated heterocycles. The van der Waals surface area contributed by atoms with Gasteiger partial charge in [0.25, 0.3) is 5.91 Å². The quantitative estimate of drug-likeness (QED) is 0.501. The summed E-state index contributed by atoms with van der Waals surface area (Å²) in [5, 5.41) is 4.19. The van der Waals surface area contributed by atoms with Crippen molar-refractivity contribution in [1.29, 1.82) is 0 Å². The molecule has 5 unspecified atom stereocenters. The lowest BCUT2D eigenvalue weighted by Crippen LogP contribution is -2.59. The molecular formula is C27H37N3O6. The molecule has 1 aromatic rings. The second-order valence-corrected chi connectivity index (χ2v) is 11.0. The fraction of sp³-hybridized carbons (Fsp3) is 0.704. The Morgan fingerprint density at radius 3 is 2.08 bits per heavy atom. The zero-order chi connectivity index (χ0) is 24.8. The Morgan fingerprint density at radius 2 is 1.44 bits per heavy atom. The first-order valence-corrected chi connectivity index (χ1v) is 13.4. The van der Waals surface area contributed by atoms with E-state index in [1.807, 2.05) is 43.3 Å². The SMILES string of the molecule is CN(C)c1ccc(C=NNC(=O)C2OC3OC4(CCCCC4)OC3C3OC4(CCCCC4)OC23)cc1. The predicted molar refractivity (Wildman–Crippen MR) is 133 cm³/mol. The minimum Gasteiger partial charge on any atom is -0.378 e. The molecule has 9 heteroatoms. The van der Waals surface area contributed by atoms with Gasteiger partial charge in [0.15, 0.2) is 24.0 Å². The van der Waals surface area contributed by atoms with Crippen LogP contribution in [0.5, 0.6) is 0 Å². The number of amides is 1. The first-order valence-electron chi connectivity index (χ1n) is 13.4. The number of hydrazone groups is 1. The second kappa shape index (κ2) is 9.68. The van der Waals surface area contributed by atoms with Gasteiger partial charge in [-0.2, -0.15) is 5.10 Å². The average Bonchev–Trinajstić information content (AvgIpc) is 3.42. The zero-order valence-electron chi connectivity index (χ0n) is 21.2. The van der Waals surface area contributed by atoms with Gasteiger partial charge < -0.3 is 28.6 Å². The number of rotatable bonds is 4. The van der Waals surface area contributed by atoms with Crippen molar-refractivity contribution >= 4 is 17.8 Å². The van der Waals surface area contributed by atoms with Crippen molar-refractivity contribution in [1.82, 2.24) is 5.43 Å². The molecule has 5 aliphatic rings. The highest BCUT2D eigenvalue weighted by atomic mass is 16.9. The summed E-state index contributed by atoms with van der Waals surface area (Å²) < 4.78 is 32.2. The maximum absolute atomic E-state index is 13.3.